The van der Waals surface area contributed by atoms with Gasteiger partial charge in [-0.2, -0.15) is 0 Å². The van der Waals surface area contributed by atoms with Gasteiger partial charge < -0.3 is 40.2 Å². The van der Waals surface area contributed by atoms with Gasteiger partial charge in [-0.05, 0) is 71.6 Å². The predicted molar refractivity (Wildman–Crippen MR) is 165 cm³/mol. The Kier molecular flexibility index (Phi) is 11.8. The summed E-state index contributed by atoms with van der Waals surface area (Å²) >= 11 is 0. The fraction of sp³-hybridized carbons (Fsp3) is 0.882. The Morgan fingerprint density at radius 1 is 1.20 bits per heavy atom. The lowest BCUT2D eigenvalue weighted by Gasteiger charge is -2.59. The van der Waals surface area contributed by atoms with Crippen molar-refractivity contribution in [3.8, 4) is 0 Å². The van der Waals surface area contributed by atoms with Crippen LogP contribution in [-0.2, 0) is 23.8 Å². The average Bonchev–Trinajstić information content (AvgIpc) is 3.02. The van der Waals surface area contributed by atoms with Gasteiger partial charge in [-0.1, -0.05) is 12.5 Å². The summed E-state index contributed by atoms with van der Waals surface area (Å²) in [6.07, 6.45) is 5.33. The smallest absolute Gasteiger partial charge is 0.339 e. The largest absolute Gasteiger partial charge is 0.456 e. The van der Waals surface area contributed by atoms with Crippen molar-refractivity contribution in [3.05, 3.63) is 11.6 Å². The fourth-order valence-electron chi connectivity index (χ4n) is 9.06. The van der Waals surface area contributed by atoms with Crippen molar-refractivity contribution in [2.24, 2.45) is 35.3 Å². The highest BCUT2D eigenvalue weighted by Crippen LogP contribution is 2.53. The molecule has 11 unspecified atom stereocenters. The zero-order valence-corrected chi connectivity index (χ0v) is 27.5. The van der Waals surface area contributed by atoms with Crippen molar-refractivity contribution in [1.29, 1.82) is 0 Å². The molecule has 0 aromatic carbocycles. The summed E-state index contributed by atoms with van der Waals surface area (Å²) in [7, 11) is 0. The summed E-state index contributed by atoms with van der Waals surface area (Å²) in [6, 6.07) is 0. The highest BCUT2D eigenvalue weighted by molar-refractivity contribution is 5.88. The van der Waals surface area contributed by atoms with Crippen LogP contribution in [0.5, 0.6) is 0 Å². The van der Waals surface area contributed by atoms with E-state index < -0.39 is 54.1 Å². The topological polar surface area (TPSA) is 182 Å². The molecule has 0 aromatic rings. The number of piperidine rings is 1. The molecule has 11 nitrogen and oxygen atoms in total. The number of nitrogens with two attached hydrogens (primary N) is 3. The standard InChI is InChI=1S/C34H57N3O8/c1-4-20(17-36-5-2)33(42)44-26-15-24-30(41)29-25(40)14-23(18-38)43-32(29)28(21-7-6-8-22(39)13-21)31(24)45-34(26,3)12-11-19-9-10-27(35)37-16-19/h4,19,21-24,26-32,36-39,41H,5-18,35H2,1-3H3/p+2/t19?,21?,22?,23?,24?,26-,27?,28?,29?,30?,31?,32?,34-/m0/s1. The number of esters is 1. The molecule has 256 valence electrons. The second-order valence-electron chi connectivity index (χ2n) is 14.8. The van der Waals surface area contributed by atoms with E-state index in [4.69, 9.17) is 19.9 Å². The molecule has 2 aliphatic carbocycles. The maximum Gasteiger partial charge on any atom is 0.339 e. The first-order valence-electron chi connectivity index (χ1n) is 17.7. The number of hydrogen-bond acceptors (Lipinski definition) is 9. The Bertz CT molecular complexity index is 1050. The molecule has 3 aliphatic heterocycles. The van der Waals surface area contributed by atoms with Crippen LogP contribution in [0.3, 0.4) is 0 Å². The van der Waals surface area contributed by atoms with E-state index in [0.29, 0.717) is 37.3 Å². The SMILES string of the molecule is CC=C(C[NH2+]CC)C(=O)O[C@H]1CC2C(O)C3C(=O)CC(CO)OC3C(C3CCCC(O)C3)C2O[C@@]1(C)CCC1CCC(N)[NH2+]C1. The minimum Gasteiger partial charge on any atom is -0.456 e. The lowest BCUT2D eigenvalue weighted by molar-refractivity contribution is -0.703. The second kappa shape index (κ2) is 15.2. The van der Waals surface area contributed by atoms with E-state index in [2.05, 4.69) is 10.6 Å². The Morgan fingerprint density at radius 2 is 2.00 bits per heavy atom. The molecule has 0 aromatic heterocycles. The first kappa shape index (κ1) is 34.9. The first-order valence-corrected chi connectivity index (χ1v) is 17.7. The van der Waals surface area contributed by atoms with E-state index in [1.807, 2.05) is 20.8 Å². The molecule has 9 N–H and O–H groups in total. The zero-order chi connectivity index (χ0) is 32.3. The van der Waals surface area contributed by atoms with Crippen molar-refractivity contribution in [2.45, 2.75) is 133 Å². The molecule has 11 heteroatoms. The molecule has 0 amide bonds. The van der Waals surface area contributed by atoms with Gasteiger partial charge in [0.25, 0.3) is 0 Å². The van der Waals surface area contributed by atoms with Crippen molar-refractivity contribution in [1.82, 2.24) is 0 Å². The van der Waals surface area contributed by atoms with Crippen LogP contribution in [0.1, 0.15) is 85.0 Å². The lowest BCUT2D eigenvalue weighted by Crippen LogP contribution is -2.95. The maximum absolute atomic E-state index is 13.5. The molecule has 2 saturated carbocycles. The Balaban J connectivity index is 1.47. The number of ether oxygens (including phenoxy) is 3. The van der Waals surface area contributed by atoms with Crippen molar-refractivity contribution >= 4 is 11.8 Å². The van der Waals surface area contributed by atoms with Crippen LogP contribution >= 0.6 is 0 Å². The maximum atomic E-state index is 13.5. The monoisotopic (exact) mass is 637 g/mol. The van der Waals surface area contributed by atoms with Gasteiger partial charge in [-0.15, -0.1) is 0 Å². The molecule has 5 aliphatic rings. The van der Waals surface area contributed by atoms with E-state index in [1.54, 1.807) is 6.08 Å². The number of carbonyl (C=O) groups is 2. The molecule has 0 radical (unpaired) electrons. The van der Waals surface area contributed by atoms with Gasteiger partial charge in [0.15, 0.2) is 0 Å². The van der Waals surface area contributed by atoms with Gasteiger partial charge in [0.1, 0.15) is 30.2 Å². The fourth-order valence-corrected chi connectivity index (χ4v) is 9.06. The average molecular weight is 638 g/mol. The number of ketones is 1. The molecule has 0 bridgehead atoms. The molecule has 5 rings (SSSR count). The molecule has 3 saturated heterocycles. The highest BCUT2D eigenvalue weighted by Gasteiger charge is 2.62. The van der Waals surface area contributed by atoms with Gasteiger partial charge >= 0.3 is 5.97 Å². The first-order chi connectivity index (χ1) is 21.6. The quantitative estimate of drug-likeness (QED) is 0.136. The molecule has 0 spiro atoms. The summed E-state index contributed by atoms with van der Waals surface area (Å²) in [5.74, 6) is -1.36. The van der Waals surface area contributed by atoms with Crippen molar-refractivity contribution in [2.75, 3.05) is 26.2 Å². The molecule has 13 atom stereocenters. The number of fused-ring (bicyclic) bond motifs is 2. The predicted octanol–water partition coefficient (Wildman–Crippen LogP) is -0.493. The minimum atomic E-state index is -1.02. The number of carbonyl (C=O) groups excluding carboxylic acids is 2. The number of likely N-dealkylation sites (N-methyl/N-ethyl adjacent to an activating group) is 1. The van der Waals surface area contributed by atoms with Gasteiger partial charge in [0.05, 0.1) is 61.7 Å². The van der Waals surface area contributed by atoms with E-state index in [1.165, 1.54) is 0 Å². The van der Waals surface area contributed by atoms with Crippen LogP contribution in [0.25, 0.3) is 0 Å². The number of allylic oxidation sites excluding steroid dienone is 1. The third-order valence-electron chi connectivity index (χ3n) is 11.7. The summed E-state index contributed by atoms with van der Waals surface area (Å²) < 4.78 is 19.9. The highest BCUT2D eigenvalue weighted by atomic mass is 16.6. The van der Waals surface area contributed by atoms with E-state index >= 15 is 0 Å². The van der Waals surface area contributed by atoms with E-state index in [0.717, 1.165) is 51.6 Å². The number of hydrogen-bond donors (Lipinski definition) is 6. The molecule has 3 heterocycles. The van der Waals surface area contributed by atoms with Crippen LogP contribution in [0.2, 0.25) is 0 Å². The Labute approximate surface area is 268 Å². The van der Waals surface area contributed by atoms with Gasteiger partial charge in [-0.25, -0.2) is 4.79 Å². The summed E-state index contributed by atoms with van der Waals surface area (Å²) in [5, 5.41) is 36.8. The minimum absolute atomic E-state index is 0.0449. The van der Waals surface area contributed by atoms with Crippen LogP contribution in [0.15, 0.2) is 11.6 Å². The molecule has 5 fully saturated rings. The second-order valence-corrected chi connectivity index (χ2v) is 14.8. The van der Waals surface area contributed by atoms with Gasteiger partial charge in [0, 0.05) is 30.6 Å². The normalized spacial score (nSPS) is 44.2. The van der Waals surface area contributed by atoms with Crippen molar-refractivity contribution in [3.63, 3.8) is 0 Å². The zero-order valence-electron chi connectivity index (χ0n) is 27.5. The molecular formula is C34H59N3O8+2. The van der Waals surface area contributed by atoms with Crippen LogP contribution in [0, 0.1) is 29.6 Å². The van der Waals surface area contributed by atoms with E-state index in [-0.39, 0.29) is 42.8 Å². The third-order valence-corrected chi connectivity index (χ3v) is 11.7. The number of aliphatic hydroxyl groups is 3. The Morgan fingerprint density at radius 3 is 2.67 bits per heavy atom. The van der Waals surface area contributed by atoms with Crippen LogP contribution in [0.4, 0.5) is 0 Å². The summed E-state index contributed by atoms with van der Waals surface area (Å²) in [5.41, 5.74) is 5.92. The van der Waals surface area contributed by atoms with Gasteiger partial charge in [0.2, 0.25) is 0 Å². The Hall–Kier alpha value is -1.44. The number of rotatable bonds is 10. The molecule has 45 heavy (non-hydrogen) atoms. The number of Topliss-reactive ketones (excluding diaryl/α,β-unsaturated/α-hetero) is 1. The van der Waals surface area contributed by atoms with Crippen molar-refractivity contribution < 1.29 is 49.8 Å². The van der Waals surface area contributed by atoms with E-state index in [9.17, 15) is 24.9 Å². The summed E-state index contributed by atoms with van der Waals surface area (Å²) in [4.78, 5) is 27.1. The number of quaternary nitrogens is 2. The van der Waals surface area contributed by atoms with Crippen LogP contribution in [-0.4, -0.2) is 102 Å². The summed E-state index contributed by atoms with van der Waals surface area (Å²) in [6.45, 7) is 7.99. The lowest BCUT2D eigenvalue weighted by atomic mass is 9.58. The number of aliphatic hydroxyl groups excluding tert-OH is 3. The van der Waals surface area contributed by atoms with Gasteiger partial charge in [-0.3, -0.25) is 10.5 Å². The van der Waals surface area contributed by atoms with Crippen LogP contribution < -0.4 is 16.4 Å². The molecular weight excluding hydrogens is 578 g/mol. The third kappa shape index (κ3) is 7.67.